The highest BCUT2D eigenvalue weighted by Gasteiger charge is 2.20. The number of benzene rings is 2. The molecular weight excluding hydrogens is 362 g/mol. The normalized spacial score (nSPS) is 15.3. The summed E-state index contributed by atoms with van der Waals surface area (Å²) in [4.78, 5) is 0.240. The van der Waals surface area contributed by atoms with E-state index in [4.69, 9.17) is 4.74 Å². The van der Waals surface area contributed by atoms with Gasteiger partial charge < -0.3 is 10.2 Å². The maximum Gasteiger partial charge on any atom is 0.261 e. The molecule has 6 nitrogen and oxygen atoms in total. The summed E-state index contributed by atoms with van der Waals surface area (Å²) in [5, 5.41) is 2.17. The van der Waals surface area contributed by atoms with Crippen LogP contribution in [0.2, 0.25) is 0 Å². The number of nitrogens with zero attached hydrogens (tertiary/aromatic N) is 1. The number of hydrogen-bond acceptors (Lipinski definition) is 5. The summed E-state index contributed by atoms with van der Waals surface area (Å²) in [6.07, 6.45) is 3.54. The second-order valence-electron chi connectivity index (χ2n) is 6.62. The Bertz CT molecular complexity index is 864. The Balaban J connectivity index is 1.90. The van der Waals surface area contributed by atoms with Crippen LogP contribution < -0.4 is 14.9 Å². The van der Waals surface area contributed by atoms with Gasteiger partial charge >= 0.3 is 0 Å². The molecule has 3 rings (SSSR count). The third kappa shape index (κ3) is 4.73. The maximum atomic E-state index is 12.7. The molecule has 1 aliphatic rings. The van der Waals surface area contributed by atoms with E-state index in [9.17, 15) is 8.42 Å². The van der Waals surface area contributed by atoms with E-state index in [2.05, 4.69) is 15.2 Å². The SMILES string of the molecule is CCOc1ccc(NS(=O)(=O)c2ccccc2)c(C)c1NN1CCCCC1. The lowest BCUT2D eigenvalue weighted by Crippen LogP contribution is -2.35. The lowest BCUT2D eigenvalue weighted by molar-refractivity contribution is 0.269. The van der Waals surface area contributed by atoms with Crippen molar-refractivity contribution in [3.05, 3.63) is 48.0 Å². The third-order valence-electron chi connectivity index (χ3n) is 4.65. The molecule has 1 saturated heterocycles. The molecule has 1 aliphatic heterocycles. The van der Waals surface area contributed by atoms with Crippen molar-refractivity contribution >= 4 is 21.4 Å². The fraction of sp³-hybridized carbons (Fsp3) is 0.400. The van der Waals surface area contributed by atoms with E-state index < -0.39 is 10.0 Å². The van der Waals surface area contributed by atoms with Crippen LogP contribution in [-0.4, -0.2) is 33.1 Å². The lowest BCUT2D eigenvalue weighted by atomic mass is 10.1. The van der Waals surface area contributed by atoms with Crippen LogP contribution in [-0.2, 0) is 10.0 Å². The van der Waals surface area contributed by atoms with Gasteiger partial charge in [0, 0.05) is 18.7 Å². The molecule has 0 saturated carbocycles. The van der Waals surface area contributed by atoms with Gasteiger partial charge in [-0.2, -0.15) is 0 Å². The summed E-state index contributed by atoms with van der Waals surface area (Å²) in [6, 6.07) is 11.9. The first-order valence-corrected chi connectivity index (χ1v) is 10.9. The molecule has 1 heterocycles. The van der Waals surface area contributed by atoms with E-state index in [-0.39, 0.29) is 4.90 Å². The predicted octanol–water partition coefficient (Wildman–Crippen LogP) is 4.01. The second kappa shape index (κ2) is 8.63. The molecule has 0 bridgehead atoms. The quantitative estimate of drug-likeness (QED) is 0.749. The van der Waals surface area contributed by atoms with Gasteiger partial charge in [0.2, 0.25) is 0 Å². The van der Waals surface area contributed by atoms with Crippen LogP contribution in [0.25, 0.3) is 0 Å². The number of piperidine rings is 1. The first-order valence-electron chi connectivity index (χ1n) is 9.37. The summed E-state index contributed by atoms with van der Waals surface area (Å²) < 4.78 is 33.9. The Labute approximate surface area is 161 Å². The monoisotopic (exact) mass is 389 g/mol. The number of hydrazine groups is 1. The number of hydrogen-bond donors (Lipinski definition) is 2. The molecule has 0 unspecified atom stereocenters. The highest BCUT2D eigenvalue weighted by molar-refractivity contribution is 7.92. The molecule has 2 aromatic carbocycles. The predicted molar refractivity (Wildman–Crippen MR) is 109 cm³/mol. The summed E-state index contributed by atoms with van der Waals surface area (Å²) >= 11 is 0. The van der Waals surface area contributed by atoms with Crippen LogP contribution in [0.3, 0.4) is 0 Å². The highest BCUT2D eigenvalue weighted by atomic mass is 32.2. The molecule has 0 atom stereocenters. The van der Waals surface area contributed by atoms with Crippen LogP contribution in [0.15, 0.2) is 47.4 Å². The summed E-state index contributed by atoms with van der Waals surface area (Å²) in [7, 11) is -3.64. The molecule has 0 aromatic heterocycles. The number of sulfonamides is 1. The number of anilines is 2. The summed E-state index contributed by atoms with van der Waals surface area (Å²) in [6.45, 7) is 6.31. The molecule has 1 fully saturated rings. The first-order chi connectivity index (χ1) is 13.0. The summed E-state index contributed by atoms with van der Waals surface area (Å²) in [5.41, 5.74) is 5.61. The van der Waals surface area contributed by atoms with Crippen molar-refractivity contribution in [2.75, 3.05) is 29.8 Å². The smallest absolute Gasteiger partial charge is 0.261 e. The van der Waals surface area contributed by atoms with Gasteiger partial charge in [0.15, 0.2) is 0 Å². The average molecular weight is 390 g/mol. The first kappa shape index (κ1) is 19.5. The van der Waals surface area contributed by atoms with E-state index >= 15 is 0 Å². The Morgan fingerprint density at radius 3 is 2.41 bits per heavy atom. The van der Waals surface area contributed by atoms with E-state index in [0.717, 1.165) is 42.9 Å². The largest absolute Gasteiger partial charge is 0.492 e. The van der Waals surface area contributed by atoms with Gasteiger partial charge in [0.05, 0.1) is 22.9 Å². The van der Waals surface area contributed by atoms with Crippen molar-refractivity contribution in [2.24, 2.45) is 0 Å². The van der Waals surface area contributed by atoms with Crippen LogP contribution in [0.5, 0.6) is 5.75 Å². The van der Waals surface area contributed by atoms with Gasteiger partial charge in [-0.1, -0.05) is 24.6 Å². The minimum absolute atomic E-state index is 0.240. The van der Waals surface area contributed by atoms with Crippen LogP contribution in [0.4, 0.5) is 11.4 Å². The van der Waals surface area contributed by atoms with Gasteiger partial charge in [-0.25, -0.2) is 13.4 Å². The fourth-order valence-corrected chi connectivity index (χ4v) is 4.32. The van der Waals surface area contributed by atoms with Crippen molar-refractivity contribution in [1.82, 2.24) is 5.01 Å². The Hall–Kier alpha value is -2.25. The molecule has 146 valence electrons. The van der Waals surface area contributed by atoms with E-state index in [1.807, 2.05) is 19.9 Å². The number of nitrogens with one attached hydrogen (secondary N) is 2. The van der Waals surface area contributed by atoms with Gasteiger partial charge in [0.1, 0.15) is 5.75 Å². The van der Waals surface area contributed by atoms with E-state index in [1.54, 1.807) is 36.4 Å². The molecule has 0 radical (unpaired) electrons. The topological polar surface area (TPSA) is 70.7 Å². The Kier molecular flexibility index (Phi) is 6.23. The van der Waals surface area contributed by atoms with Gasteiger partial charge in [-0.05, 0) is 51.0 Å². The molecule has 2 N–H and O–H groups in total. The van der Waals surface area contributed by atoms with Crippen LogP contribution >= 0.6 is 0 Å². The zero-order chi connectivity index (χ0) is 19.3. The van der Waals surface area contributed by atoms with Crippen molar-refractivity contribution in [1.29, 1.82) is 0 Å². The zero-order valence-corrected chi connectivity index (χ0v) is 16.7. The highest BCUT2D eigenvalue weighted by Crippen LogP contribution is 2.35. The molecular formula is C20H27N3O3S. The Morgan fingerprint density at radius 2 is 1.74 bits per heavy atom. The standard InChI is InChI=1S/C20H27N3O3S/c1-3-26-19-13-12-18(22-27(24,25)17-10-6-4-7-11-17)16(2)20(19)21-23-14-8-5-9-15-23/h4,6-7,10-13,21-22H,3,5,8-9,14-15H2,1-2H3. The van der Waals surface area contributed by atoms with Crippen molar-refractivity contribution in [3.8, 4) is 5.75 Å². The maximum absolute atomic E-state index is 12.7. The van der Waals surface area contributed by atoms with E-state index in [0.29, 0.717) is 12.3 Å². The molecule has 0 aliphatic carbocycles. The van der Waals surface area contributed by atoms with Crippen molar-refractivity contribution in [3.63, 3.8) is 0 Å². The van der Waals surface area contributed by atoms with Gasteiger partial charge in [-0.3, -0.25) is 4.72 Å². The van der Waals surface area contributed by atoms with Crippen molar-refractivity contribution in [2.45, 2.75) is 38.0 Å². The molecule has 0 amide bonds. The second-order valence-corrected chi connectivity index (χ2v) is 8.30. The van der Waals surface area contributed by atoms with Crippen molar-refractivity contribution < 1.29 is 13.2 Å². The van der Waals surface area contributed by atoms with E-state index in [1.165, 1.54) is 6.42 Å². The number of rotatable bonds is 7. The zero-order valence-electron chi connectivity index (χ0n) is 15.9. The minimum Gasteiger partial charge on any atom is -0.492 e. The summed E-state index contributed by atoms with van der Waals surface area (Å²) in [5.74, 6) is 0.725. The van der Waals surface area contributed by atoms with Gasteiger partial charge in [-0.15, -0.1) is 0 Å². The van der Waals surface area contributed by atoms with Crippen LogP contribution in [0.1, 0.15) is 31.7 Å². The molecule has 2 aromatic rings. The molecule has 0 spiro atoms. The average Bonchev–Trinajstić information content (AvgIpc) is 2.68. The molecule has 27 heavy (non-hydrogen) atoms. The van der Waals surface area contributed by atoms with Gasteiger partial charge in [0.25, 0.3) is 10.0 Å². The Morgan fingerprint density at radius 1 is 1.04 bits per heavy atom. The fourth-order valence-electron chi connectivity index (χ4n) is 3.18. The molecule has 7 heteroatoms. The van der Waals surface area contributed by atoms with Crippen LogP contribution in [0, 0.1) is 6.92 Å². The lowest BCUT2D eigenvalue weighted by Gasteiger charge is -2.30. The number of ether oxygens (including phenoxy) is 1. The minimum atomic E-state index is -3.64. The third-order valence-corrected chi connectivity index (χ3v) is 6.03.